The second-order valence-corrected chi connectivity index (χ2v) is 3.31. The second-order valence-electron chi connectivity index (χ2n) is 3.31. The Labute approximate surface area is 110 Å². The van der Waals surface area contributed by atoms with Crippen LogP contribution in [0.1, 0.15) is 23.7 Å². The molecule has 1 rings (SSSR count). The van der Waals surface area contributed by atoms with E-state index in [0.717, 1.165) is 13.0 Å². The van der Waals surface area contributed by atoms with Crippen molar-refractivity contribution in [3.05, 3.63) is 39.9 Å². The maximum atomic E-state index is 11.2. The molecule has 2 amide bonds. The summed E-state index contributed by atoms with van der Waals surface area (Å²) in [4.78, 5) is 30.8. The van der Waals surface area contributed by atoms with Crippen LogP contribution in [0.25, 0.3) is 0 Å². The van der Waals surface area contributed by atoms with Crippen molar-refractivity contribution in [3.63, 3.8) is 0 Å². The first kappa shape index (κ1) is 16.5. The Morgan fingerprint density at radius 1 is 1.42 bits per heavy atom. The molecule has 0 spiro atoms. The zero-order valence-electron chi connectivity index (χ0n) is 10.5. The fourth-order valence-electron chi connectivity index (χ4n) is 0.902. The smallest absolute Gasteiger partial charge is 0.269 e. The van der Waals surface area contributed by atoms with Crippen LogP contribution < -0.4 is 16.6 Å². The maximum absolute atomic E-state index is 11.2. The summed E-state index contributed by atoms with van der Waals surface area (Å²) in [6, 6.07) is 4.99. The molecular weight excluding hydrogens is 252 g/mol. The number of hydrogen-bond acceptors (Lipinski definition) is 5. The molecule has 0 saturated heterocycles. The molecular formula is C11H16N4O4. The molecule has 1 aromatic rings. The number of carbonyl (C=O) groups excluding carboxylic acids is 2. The van der Waals surface area contributed by atoms with E-state index in [-0.39, 0.29) is 11.3 Å². The van der Waals surface area contributed by atoms with E-state index in [9.17, 15) is 19.7 Å². The number of nitrogens with two attached hydrogens (primary N) is 1. The zero-order chi connectivity index (χ0) is 14.7. The number of nitrogens with one attached hydrogen (secondary N) is 2. The van der Waals surface area contributed by atoms with Crippen molar-refractivity contribution in [1.29, 1.82) is 0 Å². The summed E-state index contributed by atoms with van der Waals surface area (Å²) in [7, 11) is 0. The van der Waals surface area contributed by atoms with Gasteiger partial charge in [0.15, 0.2) is 0 Å². The van der Waals surface area contributed by atoms with Crippen LogP contribution >= 0.6 is 0 Å². The second kappa shape index (κ2) is 9.54. The highest BCUT2D eigenvalue weighted by atomic mass is 16.6. The third-order valence-electron chi connectivity index (χ3n) is 1.87. The van der Waals surface area contributed by atoms with Gasteiger partial charge in [0.25, 0.3) is 11.6 Å². The van der Waals surface area contributed by atoms with Gasteiger partial charge in [0.2, 0.25) is 6.41 Å². The summed E-state index contributed by atoms with van der Waals surface area (Å²) in [6.07, 6.45) is 1.41. The van der Waals surface area contributed by atoms with E-state index in [2.05, 4.69) is 12.3 Å². The first-order valence-electron chi connectivity index (χ1n) is 5.50. The van der Waals surface area contributed by atoms with Crippen molar-refractivity contribution in [2.45, 2.75) is 13.3 Å². The normalized spacial score (nSPS) is 8.74. The number of benzene rings is 1. The average molecular weight is 268 g/mol. The van der Waals surface area contributed by atoms with Gasteiger partial charge in [0.1, 0.15) is 0 Å². The van der Waals surface area contributed by atoms with Gasteiger partial charge in [-0.3, -0.25) is 30.6 Å². The fraction of sp³-hybridized carbons (Fsp3) is 0.273. The zero-order valence-corrected chi connectivity index (χ0v) is 10.5. The molecule has 0 aromatic heterocycles. The molecule has 0 radical (unpaired) electrons. The average Bonchev–Trinajstić information content (AvgIpc) is 2.45. The molecule has 0 unspecified atom stereocenters. The van der Waals surface area contributed by atoms with Crippen LogP contribution in [0.2, 0.25) is 0 Å². The fourth-order valence-corrected chi connectivity index (χ4v) is 0.902. The molecule has 0 bridgehead atoms. The Morgan fingerprint density at radius 3 is 2.32 bits per heavy atom. The van der Waals surface area contributed by atoms with E-state index < -0.39 is 10.8 Å². The van der Waals surface area contributed by atoms with Crippen LogP contribution in [-0.2, 0) is 4.79 Å². The summed E-state index contributed by atoms with van der Waals surface area (Å²) < 4.78 is 0. The minimum Gasteiger partial charge on any atom is -0.330 e. The summed E-state index contributed by atoms with van der Waals surface area (Å²) >= 11 is 0. The molecule has 8 nitrogen and oxygen atoms in total. The highest BCUT2D eigenvalue weighted by Crippen LogP contribution is 2.11. The van der Waals surface area contributed by atoms with Gasteiger partial charge in [-0.25, -0.2) is 0 Å². The quantitative estimate of drug-likeness (QED) is 0.403. The standard InChI is InChI=1S/C8H7N3O4.C3H9N/c12-5-9-10-8(13)6-1-3-7(4-2-6)11(14)15;1-2-3-4/h1-5H,(H,9,12)(H,10,13);2-4H2,1H3. The third-order valence-corrected chi connectivity index (χ3v) is 1.87. The Bertz CT molecular complexity index is 417. The van der Waals surface area contributed by atoms with Gasteiger partial charge in [-0.15, -0.1) is 0 Å². The lowest BCUT2D eigenvalue weighted by molar-refractivity contribution is -0.384. The number of hydrazine groups is 1. The number of hydrogen-bond donors (Lipinski definition) is 3. The first-order chi connectivity index (χ1) is 9.06. The number of carbonyl (C=O) groups is 2. The molecule has 0 atom stereocenters. The van der Waals surface area contributed by atoms with Gasteiger partial charge >= 0.3 is 0 Å². The van der Waals surface area contributed by atoms with E-state index in [1.165, 1.54) is 24.3 Å². The lowest BCUT2D eigenvalue weighted by Gasteiger charge is -2.01. The van der Waals surface area contributed by atoms with Gasteiger partial charge < -0.3 is 5.73 Å². The van der Waals surface area contributed by atoms with Crippen molar-refractivity contribution in [2.24, 2.45) is 5.73 Å². The van der Waals surface area contributed by atoms with Crippen molar-refractivity contribution in [2.75, 3.05) is 6.54 Å². The molecule has 8 heteroatoms. The van der Waals surface area contributed by atoms with Crippen LogP contribution in [0.3, 0.4) is 0 Å². The predicted molar refractivity (Wildman–Crippen MR) is 69.1 cm³/mol. The highest BCUT2D eigenvalue weighted by molar-refractivity contribution is 5.94. The SMILES string of the molecule is CCCN.O=CNNC(=O)c1ccc([N+](=O)[O-])cc1. The lowest BCUT2D eigenvalue weighted by atomic mass is 10.2. The van der Waals surface area contributed by atoms with Crippen LogP contribution in [0, 0.1) is 10.1 Å². The van der Waals surface area contributed by atoms with Crippen molar-refractivity contribution < 1.29 is 14.5 Å². The van der Waals surface area contributed by atoms with Crippen molar-refractivity contribution in [3.8, 4) is 0 Å². The van der Waals surface area contributed by atoms with Gasteiger partial charge in [-0.2, -0.15) is 0 Å². The molecule has 104 valence electrons. The van der Waals surface area contributed by atoms with E-state index in [1.54, 1.807) is 0 Å². The minimum atomic E-state index is -0.564. The lowest BCUT2D eigenvalue weighted by Crippen LogP contribution is -2.36. The number of nitro benzene ring substituents is 1. The Balaban J connectivity index is 0.000000711. The molecule has 19 heavy (non-hydrogen) atoms. The first-order valence-corrected chi connectivity index (χ1v) is 5.50. The van der Waals surface area contributed by atoms with Gasteiger partial charge in [0.05, 0.1) is 4.92 Å². The number of non-ortho nitro benzene ring substituents is 1. The molecule has 1 aromatic carbocycles. The highest BCUT2D eigenvalue weighted by Gasteiger charge is 2.08. The van der Waals surface area contributed by atoms with Gasteiger partial charge in [-0.1, -0.05) is 6.92 Å². The summed E-state index contributed by atoms with van der Waals surface area (Å²) in [5, 5.41) is 10.3. The van der Waals surface area contributed by atoms with Crippen LogP contribution in [-0.4, -0.2) is 23.8 Å². The molecule has 0 saturated carbocycles. The summed E-state index contributed by atoms with van der Waals surface area (Å²) in [6.45, 7) is 2.88. The number of nitrogens with zero attached hydrogens (tertiary/aromatic N) is 1. The topological polar surface area (TPSA) is 127 Å². The Morgan fingerprint density at radius 2 is 1.95 bits per heavy atom. The van der Waals surface area contributed by atoms with E-state index in [1.807, 2.05) is 5.43 Å². The van der Waals surface area contributed by atoms with Crippen LogP contribution in [0.4, 0.5) is 5.69 Å². The van der Waals surface area contributed by atoms with E-state index in [4.69, 9.17) is 5.73 Å². The molecule has 4 N–H and O–H groups in total. The van der Waals surface area contributed by atoms with Crippen molar-refractivity contribution >= 4 is 18.0 Å². The predicted octanol–water partition coefficient (Wildman–Crippen LogP) is 0.341. The monoisotopic (exact) mass is 268 g/mol. The minimum absolute atomic E-state index is 0.102. The van der Waals surface area contributed by atoms with E-state index >= 15 is 0 Å². The largest absolute Gasteiger partial charge is 0.330 e. The third kappa shape index (κ3) is 6.74. The van der Waals surface area contributed by atoms with E-state index in [0.29, 0.717) is 6.41 Å². The number of nitro groups is 1. The molecule has 0 aliphatic heterocycles. The maximum Gasteiger partial charge on any atom is 0.269 e. The van der Waals surface area contributed by atoms with Crippen molar-refractivity contribution in [1.82, 2.24) is 10.9 Å². The Hall–Kier alpha value is -2.48. The number of amides is 2. The number of rotatable bonds is 5. The molecule has 0 aliphatic rings. The summed E-state index contributed by atoms with van der Waals surface area (Å²) in [5.74, 6) is -0.544. The summed E-state index contributed by atoms with van der Waals surface area (Å²) in [5.41, 5.74) is 9.18. The molecule has 0 heterocycles. The van der Waals surface area contributed by atoms with Gasteiger partial charge in [-0.05, 0) is 25.1 Å². The van der Waals surface area contributed by atoms with Crippen LogP contribution in [0.15, 0.2) is 24.3 Å². The van der Waals surface area contributed by atoms with Crippen LogP contribution in [0.5, 0.6) is 0 Å². The molecule has 0 aliphatic carbocycles. The Kier molecular flexibility index (Phi) is 8.29. The molecule has 0 fully saturated rings. The van der Waals surface area contributed by atoms with Gasteiger partial charge in [0, 0.05) is 17.7 Å².